The highest BCUT2D eigenvalue weighted by Crippen LogP contribution is 2.26. The number of piperidine rings is 1. The first kappa shape index (κ1) is 17.6. The minimum atomic E-state index is -0.315. The van der Waals surface area contributed by atoms with Crippen LogP contribution < -0.4 is 5.73 Å². The molecule has 0 aliphatic carbocycles. The van der Waals surface area contributed by atoms with E-state index in [1.807, 2.05) is 4.90 Å². The minimum Gasteiger partial charge on any atom is -0.368 e. The van der Waals surface area contributed by atoms with Crippen LogP contribution in [0.5, 0.6) is 0 Å². The van der Waals surface area contributed by atoms with E-state index in [-0.39, 0.29) is 23.7 Å². The normalized spacial score (nSPS) is 22.6. The van der Waals surface area contributed by atoms with Gasteiger partial charge in [0.25, 0.3) is 0 Å². The van der Waals surface area contributed by atoms with Gasteiger partial charge < -0.3 is 10.6 Å². The van der Waals surface area contributed by atoms with Crippen molar-refractivity contribution in [2.75, 3.05) is 19.6 Å². The highest BCUT2D eigenvalue weighted by molar-refractivity contribution is 5.91. The van der Waals surface area contributed by atoms with Crippen LogP contribution in [-0.2, 0) is 9.59 Å². The molecule has 1 unspecified atom stereocenters. The minimum absolute atomic E-state index is 0.0596. The molecule has 1 aromatic carbocycles. The maximum absolute atomic E-state index is 13.2. The van der Waals surface area contributed by atoms with E-state index in [1.165, 1.54) is 18.2 Å². The lowest BCUT2D eigenvalue weighted by Crippen LogP contribution is -2.51. The molecule has 5 nitrogen and oxygen atoms in total. The highest BCUT2D eigenvalue weighted by Gasteiger charge is 2.35. The number of nitrogens with zero attached hydrogens (tertiary/aromatic N) is 2. The van der Waals surface area contributed by atoms with Gasteiger partial charge in [-0.05, 0) is 56.0 Å². The van der Waals surface area contributed by atoms with Gasteiger partial charge in [0.15, 0.2) is 0 Å². The largest absolute Gasteiger partial charge is 0.368 e. The lowest BCUT2D eigenvalue weighted by molar-refractivity contribution is -0.129. The van der Waals surface area contributed by atoms with Crippen LogP contribution in [-0.4, -0.2) is 53.3 Å². The average molecular weight is 345 g/mol. The van der Waals surface area contributed by atoms with Crippen molar-refractivity contribution in [3.63, 3.8) is 0 Å². The Hall–Kier alpha value is -2.21. The van der Waals surface area contributed by atoms with Gasteiger partial charge in [-0.25, -0.2) is 4.39 Å². The molecule has 2 amide bonds. The molecule has 2 fully saturated rings. The number of nitrogens with two attached hydrogens (primary N) is 1. The molecule has 2 aliphatic heterocycles. The fourth-order valence-corrected chi connectivity index (χ4v) is 3.83. The molecule has 0 aromatic heterocycles. The zero-order valence-electron chi connectivity index (χ0n) is 14.2. The van der Waals surface area contributed by atoms with Crippen molar-refractivity contribution in [1.29, 1.82) is 0 Å². The summed E-state index contributed by atoms with van der Waals surface area (Å²) in [6, 6.07) is 6.32. The molecule has 2 aliphatic rings. The number of primary amides is 1. The van der Waals surface area contributed by atoms with E-state index in [4.69, 9.17) is 5.73 Å². The Morgan fingerprint density at radius 2 is 1.92 bits per heavy atom. The second-order valence-electron chi connectivity index (χ2n) is 6.74. The summed E-state index contributed by atoms with van der Waals surface area (Å²) in [5, 5.41) is 0. The van der Waals surface area contributed by atoms with Crippen molar-refractivity contribution >= 4 is 17.9 Å². The van der Waals surface area contributed by atoms with Crippen LogP contribution >= 0.6 is 0 Å². The number of hydrogen-bond acceptors (Lipinski definition) is 3. The summed E-state index contributed by atoms with van der Waals surface area (Å²) >= 11 is 0. The molecule has 2 N–H and O–H groups in total. The quantitative estimate of drug-likeness (QED) is 0.846. The number of likely N-dealkylation sites (tertiary alicyclic amines) is 2. The maximum Gasteiger partial charge on any atom is 0.246 e. The topological polar surface area (TPSA) is 66.6 Å². The third-order valence-electron chi connectivity index (χ3n) is 5.13. The first-order chi connectivity index (χ1) is 12.0. The van der Waals surface area contributed by atoms with Crippen LogP contribution in [0.3, 0.4) is 0 Å². The van der Waals surface area contributed by atoms with Crippen molar-refractivity contribution in [2.24, 2.45) is 5.73 Å². The van der Waals surface area contributed by atoms with E-state index in [0.29, 0.717) is 24.7 Å². The maximum atomic E-state index is 13.2. The molecule has 134 valence electrons. The highest BCUT2D eigenvalue weighted by atomic mass is 19.1. The van der Waals surface area contributed by atoms with Crippen molar-refractivity contribution in [1.82, 2.24) is 9.80 Å². The number of carbonyl (C=O) groups is 2. The molecule has 0 radical (unpaired) electrons. The number of benzene rings is 1. The van der Waals surface area contributed by atoms with Crippen LogP contribution in [0.4, 0.5) is 4.39 Å². The summed E-state index contributed by atoms with van der Waals surface area (Å²) < 4.78 is 13.2. The summed E-state index contributed by atoms with van der Waals surface area (Å²) in [5.74, 6) is -0.616. The van der Waals surface area contributed by atoms with Crippen LogP contribution in [0.25, 0.3) is 6.08 Å². The van der Waals surface area contributed by atoms with Crippen molar-refractivity contribution in [3.05, 3.63) is 41.7 Å². The monoisotopic (exact) mass is 345 g/mol. The second-order valence-corrected chi connectivity index (χ2v) is 6.74. The third kappa shape index (κ3) is 4.25. The molecular weight excluding hydrogens is 321 g/mol. The first-order valence-corrected chi connectivity index (χ1v) is 8.82. The SMILES string of the molecule is NC(=O)C1CCCN1C1CCN(C(=O)C=Cc2cccc(F)c2)CC1. The molecule has 1 atom stereocenters. The molecule has 1 aromatic rings. The van der Waals surface area contributed by atoms with Crippen LogP contribution in [0.1, 0.15) is 31.2 Å². The third-order valence-corrected chi connectivity index (χ3v) is 5.13. The van der Waals surface area contributed by atoms with Crippen LogP contribution in [0.2, 0.25) is 0 Å². The second kappa shape index (κ2) is 7.78. The van der Waals surface area contributed by atoms with E-state index < -0.39 is 0 Å². The predicted octanol–water partition coefficient (Wildman–Crippen LogP) is 1.78. The van der Waals surface area contributed by atoms with Crippen molar-refractivity contribution < 1.29 is 14.0 Å². The van der Waals surface area contributed by atoms with Gasteiger partial charge in [0.2, 0.25) is 11.8 Å². The van der Waals surface area contributed by atoms with Crippen molar-refractivity contribution in [2.45, 2.75) is 37.8 Å². The van der Waals surface area contributed by atoms with Gasteiger partial charge in [0.1, 0.15) is 5.82 Å². The number of carbonyl (C=O) groups excluding carboxylic acids is 2. The van der Waals surface area contributed by atoms with E-state index in [0.717, 1.165) is 32.2 Å². The van der Waals surface area contributed by atoms with Gasteiger partial charge in [-0.3, -0.25) is 14.5 Å². The molecule has 3 rings (SSSR count). The van der Waals surface area contributed by atoms with Gasteiger partial charge in [-0.1, -0.05) is 12.1 Å². The first-order valence-electron chi connectivity index (χ1n) is 8.82. The van der Waals surface area contributed by atoms with Gasteiger partial charge in [-0.2, -0.15) is 0 Å². The Bertz CT molecular complexity index is 668. The number of hydrogen-bond donors (Lipinski definition) is 1. The van der Waals surface area contributed by atoms with Crippen LogP contribution in [0, 0.1) is 5.82 Å². The number of halogens is 1. The summed E-state index contributed by atoms with van der Waals surface area (Å²) in [5.41, 5.74) is 6.17. The smallest absolute Gasteiger partial charge is 0.246 e. The van der Waals surface area contributed by atoms with Gasteiger partial charge >= 0.3 is 0 Å². The number of amides is 2. The predicted molar refractivity (Wildman–Crippen MR) is 94.0 cm³/mol. The Balaban J connectivity index is 1.53. The lowest BCUT2D eigenvalue weighted by Gasteiger charge is -2.38. The summed E-state index contributed by atoms with van der Waals surface area (Å²) in [7, 11) is 0. The van der Waals surface area contributed by atoms with Gasteiger partial charge in [0, 0.05) is 25.2 Å². The Morgan fingerprint density at radius 3 is 2.60 bits per heavy atom. The zero-order valence-corrected chi connectivity index (χ0v) is 14.2. The molecular formula is C19H24FN3O2. The van der Waals surface area contributed by atoms with E-state index >= 15 is 0 Å². The number of rotatable bonds is 4. The Morgan fingerprint density at radius 1 is 1.16 bits per heavy atom. The standard InChI is InChI=1S/C19H24FN3O2/c20-15-4-1-3-14(13-15)6-7-18(24)22-11-8-16(9-12-22)23-10-2-5-17(23)19(21)25/h1,3-4,6-7,13,16-17H,2,5,8-12H2,(H2,21,25). The van der Waals surface area contributed by atoms with E-state index in [1.54, 1.807) is 18.2 Å². The molecule has 0 saturated carbocycles. The Kier molecular flexibility index (Phi) is 5.48. The zero-order chi connectivity index (χ0) is 17.8. The average Bonchev–Trinajstić information content (AvgIpc) is 3.10. The fraction of sp³-hybridized carbons (Fsp3) is 0.474. The van der Waals surface area contributed by atoms with Gasteiger partial charge in [-0.15, -0.1) is 0 Å². The molecule has 0 bridgehead atoms. The van der Waals surface area contributed by atoms with Crippen molar-refractivity contribution in [3.8, 4) is 0 Å². The fourth-order valence-electron chi connectivity index (χ4n) is 3.83. The summed E-state index contributed by atoms with van der Waals surface area (Å²) in [4.78, 5) is 27.9. The van der Waals surface area contributed by atoms with Gasteiger partial charge in [0.05, 0.1) is 6.04 Å². The molecule has 25 heavy (non-hydrogen) atoms. The Labute approximate surface area is 147 Å². The summed E-state index contributed by atoms with van der Waals surface area (Å²) in [6.07, 6.45) is 6.68. The van der Waals surface area contributed by atoms with Crippen LogP contribution in [0.15, 0.2) is 30.3 Å². The van der Waals surface area contributed by atoms with E-state index in [9.17, 15) is 14.0 Å². The molecule has 2 saturated heterocycles. The molecule has 6 heteroatoms. The molecule has 2 heterocycles. The lowest BCUT2D eigenvalue weighted by atomic mass is 10.0. The van der Waals surface area contributed by atoms with E-state index in [2.05, 4.69) is 4.90 Å². The molecule has 0 spiro atoms. The summed E-state index contributed by atoms with van der Waals surface area (Å²) in [6.45, 7) is 2.24.